The number of benzene rings is 2. The number of nitrogens with zero attached hydrogens (tertiary/aromatic N) is 2. The first kappa shape index (κ1) is 31.9. The Labute approximate surface area is 274 Å². The summed E-state index contributed by atoms with van der Waals surface area (Å²) in [6.45, 7) is 8.90. The van der Waals surface area contributed by atoms with Crippen LogP contribution in [0.1, 0.15) is 59.3 Å². The lowest BCUT2D eigenvalue weighted by molar-refractivity contribution is -0.132. The van der Waals surface area contributed by atoms with Crippen LogP contribution in [0.25, 0.3) is 11.6 Å². The fraction of sp³-hybridized carbons (Fsp3) is 0.412. The molecule has 3 aromatic rings. The predicted molar refractivity (Wildman–Crippen MR) is 179 cm³/mol. The van der Waals surface area contributed by atoms with Crippen molar-refractivity contribution in [2.75, 3.05) is 38.0 Å². The zero-order valence-electron chi connectivity index (χ0n) is 25.6. The number of piperidine rings is 1. The molecule has 3 aliphatic heterocycles. The minimum absolute atomic E-state index is 0.0647. The maximum Gasteiger partial charge on any atom is 0.256 e. The molecule has 0 saturated carbocycles. The van der Waals surface area contributed by atoms with Gasteiger partial charge in [0.25, 0.3) is 5.91 Å². The summed E-state index contributed by atoms with van der Waals surface area (Å²) in [6, 6.07) is 9.46. The van der Waals surface area contributed by atoms with Crippen molar-refractivity contribution in [1.29, 1.82) is 0 Å². The monoisotopic (exact) mass is 668 g/mol. The fourth-order valence-corrected chi connectivity index (χ4v) is 8.97. The van der Waals surface area contributed by atoms with Crippen LogP contribution in [0, 0.1) is 19.8 Å². The number of aromatic amines is 1. The van der Waals surface area contributed by atoms with E-state index in [-0.39, 0.29) is 32.5 Å². The first-order valence-electron chi connectivity index (χ1n) is 15.5. The Morgan fingerprint density at radius 3 is 2.49 bits per heavy atom. The second-order valence-corrected chi connectivity index (χ2v) is 15.3. The third-order valence-electron chi connectivity index (χ3n) is 9.36. The van der Waals surface area contributed by atoms with Crippen LogP contribution in [0.4, 0.5) is 5.69 Å². The van der Waals surface area contributed by atoms with Crippen molar-refractivity contribution in [3.63, 3.8) is 0 Å². The predicted octanol–water partition coefficient (Wildman–Crippen LogP) is 6.28. The molecule has 6 rings (SSSR count). The second-order valence-electron chi connectivity index (χ2n) is 12.5. The van der Waals surface area contributed by atoms with Crippen molar-refractivity contribution in [2.24, 2.45) is 5.92 Å². The highest BCUT2D eigenvalue weighted by Gasteiger charge is 2.30. The van der Waals surface area contributed by atoms with Crippen molar-refractivity contribution < 1.29 is 18.0 Å². The first-order valence-corrected chi connectivity index (χ1v) is 17.9. The van der Waals surface area contributed by atoms with Crippen molar-refractivity contribution in [1.82, 2.24) is 14.8 Å². The topological polar surface area (TPSA) is 103 Å². The number of carbonyl (C=O) groups excluding carboxylic acids is 2. The van der Waals surface area contributed by atoms with Gasteiger partial charge in [-0.05, 0) is 106 Å². The molecule has 2 aromatic carbocycles. The molecule has 0 aliphatic carbocycles. The zero-order valence-corrected chi connectivity index (χ0v) is 27.9. The molecule has 1 aromatic heterocycles. The standard InChI is InChI=1S/C34H38Cl2N4O4S/c1-21-25(17-33(41)40-14-6-7-23(19-40)18-39-12-3-4-13-39)22(2)37-32(21)16-27-26-15-24(10-11-31(26)38-34(27)42)45(43,44)20-28-29(35)8-5-9-30(28)36/h5,8-11,15-16,23,37H,3-4,6-7,12-14,17-20H2,1-2H3,(H,38,42)/t23-/m0/s1. The van der Waals surface area contributed by atoms with Crippen LogP contribution in [0.3, 0.4) is 0 Å². The lowest BCUT2D eigenvalue weighted by Gasteiger charge is -2.35. The maximum atomic E-state index is 13.5. The number of H-pyrrole nitrogens is 1. The highest BCUT2D eigenvalue weighted by Crippen LogP contribution is 2.37. The number of nitrogens with one attached hydrogen (secondary N) is 2. The average molecular weight is 670 g/mol. The smallest absolute Gasteiger partial charge is 0.256 e. The van der Waals surface area contributed by atoms with Gasteiger partial charge in [0, 0.05) is 57.9 Å². The normalized spacial score (nSPS) is 19.7. The average Bonchev–Trinajstić information content (AvgIpc) is 3.70. The lowest BCUT2D eigenvalue weighted by atomic mass is 9.96. The van der Waals surface area contributed by atoms with Crippen molar-refractivity contribution in [3.8, 4) is 0 Å². The van der Waals surface area contributed by atoms with E-state index in [2.05, 4.69) is 15.2 Å². The number of fused-ring (bicyclic) bond motifs is 1. The summed E-state index contributed by atoms with van der Waals surface area (Å²) in [7, 11) is -3.83. The van der Waals surface area contributed by atoms with Crippen molar-refractivity contribution in [2.45, 2.75) is 56.6 Å². The van der Waals surface area contributed by atoms with Gasteiger partial charge in [0.2, 0.25) is 5.91 Å². The molecule has 4 heterocycles. The number of sulfone groups is 1. The van der Waals surface area contributed by atoms with E-state index in [9.17, 15) is 18.0 Å². The third-order valence-corrected chi connectivity index (χ3v) is 11.7. The van der Waals surface area contributed by atoms with Crippen molar-refractivity contribution >= 4 is 62.2 Å². The number of likely N-dealkylation sites (tertiary alicyclic amines) is 2. The van der Waals surface area contributed by atoms with E-state index in [1.807, 2.05) is 18.7 Å². The maximum absolute atomic E-state index is 13.5. The highest BCUT2D eigenvalue weighted by atomic mass is 35.5. The first-order chi connectivity index (χ1) is 21.5. The molecule has 8 nitrogen and oxygen atoms in total. The number of carbonyl (C=O) groups is 2. The van der Waals surface area contributed by atoms with E-state index < -0.39 is 9.84 Å². The van der Waals surface area contributed by atoms with Gasteiger partial charge < -0.3 is 20.1 Å². The number of anilines is 1. The van der Waals surface area contributed by atoms with Gasteiger partial charge in [0.1, 0.15) is 0 Å². The zero-order chi connectivity index (χ0) is 31.9. The minimum atomic E-state index is -3.83. The number of halogens is 2. The van der Waals surface area contributed by atoms with Crippen LogP contribution in [0.5, 0.6) is 0 Å². The van der Waals surface area contributed by atoms with Gasteiger partial charge >= 0.3 is 0 Å². The summed E-state index contributed by atoms with van der Waals surface area (Å²) >= 11 is 12.5. The number of hydrogen-bond donors (Lipinski definition) is 2. The Bertz CT molecular complexity index is 1770. The molecule has 2 saturated heterocycles. The molecular weight excluding hydrogens is 631 g/mol. The van der Waals surface area contributed by atoms with Crippen LogP contribution < -0.4 is 5.32 Å². The quantitative estimate of drug-likeness (QED) is 0.275. The molecule has 0 unspecified atom stereocenters. The Morgan fingerprint density at radius 2 is 1.76 bits per heavy atom. The molecular formula is C34H38Cl2N4O4S. The number of rotatable bonds is 8. The van der Waals surface area contributed by atoms with Gasteiger partial charge in [-0.2, -0.15) is 0 Å². The molecule has 238 valence electrons. The third kappa shape index (κ3) is 6.73. The molecule has 45 heavy (non-hydrogen) atoms. The number of amides is 2. The van der Waals surface area contributed by atoms with E-state index in [0.29, 0.717) is 34.7 Å². The number of aryl methyl sites for hydroxylation is 1. The van der Waals surface area contributed by atoms with E-state index in [1.165, 1.54) is 44.5 Å². The number of aromatic nitrogens is 1. The minimum Gasteiger partial charge on any atom is -0.359 e. The SMILES string of the molecule is Cc1[nH]c(C=C2C(=O)Nc3ccc(S(=O)(=O)Cc4c(Cl)cccc4Cl)cc32)c(C)c1CC(=O)N1CCC[C@@H](CN2CCCC2)C1. The summed E-state index contributed by atoms with van der Waals surface area (Å²) in [5, 5.41) is 3.39. The van der Waals surface area contributed by atoms with Gasteiger partial charge in [-0.25, -0.2) is 8.42 Å². The van der Waals surface area contributed by atoms with Crippen LogP contribution in [-0.2, 0) is 31.6 Å². The summed E-state index contributed by atoms with van der Waals surface area (Å²) in [6.07, 6.45) is 6.78. The summed E-state index contributed by atoms with van der Waals surface area (Å²) < 4.78 is 26.8. The Kier molecular flexibility index (Phi) is 9.17. The molecule has 2 fully saturated rings. The van der Waals surface area contributed by atoms with E-state index in [0.717, 1.165) is 48.6 Å². The molecule has 3 aliphatic rings. The second kappa shape index (κ2) is 12.9. The van der Waals surface area contributed by atoms with Gasteiger partial charge in [0.15, 0.2) is 9.84 Å². The van der Waals surface area contributed by atoms with Crippen molar-refractivity contribution in [3.05, 3.63) is 80.1 Å². The van der Waals surface area contributed by atoms with Crippen LogP contribution in [0.15, 0.2) is 41.3 Å². The molecule has 1 atom stereocenters. The fourth-order valence-electron chi connectivity index (χ4n) is 6.85. The molecule has 0 bridgehead atoms. The van der Waals surface area contributed by atoms with Gasteiger partial charge in [0.05, 0.1) is 22.6 Å². The Hall–Kier alpha value is -3.11. The van der Waals surface area contributed by atoms with E-state index >= 15 is 0 Å². The van der Waals surface area contributed by atoms with Gasteiger partial charge in [-0.1, -0.05) is 29.3 Å². The molecule has 0 radical (unpaired) electrons. The van der Waals surface area contributed by atoms with Gasteiger partial charge in [-0.15, -0.1) is 0 Å². The Morgan fingerprint density at radius 1 is 1.02 bits per heavy atom. The van der Waals surface area contributed by atoms with Crippen LogP contribution in [0.2, 0.25) is 10.0 Å². The highest BCUT2D eigenvalue weighted by molar-refractivity contribution is 7.90. The van der Waals surface area contributed by atoms with E-state index in [4.69, 9.17) is 23.2 Å². The lowest BCUT2D eigenvalue weighted by Crippen LogP contribution is -2.44. The molecule has 2 N–H and O–H groups in total. The van der Waals surface area contributed by atoms with Crippen LogP contribution in [-0.4, -0.2) is 67.7 Å². The van der Waals surface area contributed by atoms with Gasteiger partial charge in [-0.3, -0.25) is 9.59 Å². The Balaban J connectivity index is 1.21. The summed E-state index contributed by atoms with van der Waals surface area (Å²) in [5.41, 5.74) is 5.13. The summed E-state index contributed by atoms with van der Waals surface area (Å²) in [5.74, 6) is -0.0447. The number of hydrogen-bond acceptors (Lipinski definition) is 5. The van der Waals surface area contributed by atoms with E-state index in [1.54, 1.807) is 30.3 Å². The largest absolute Gasteiger partial charge is 0.359 e. The molecule has 2 amide bonds. The molecule has 0 spiro atoms. The summed E-state index contributed by atoms with van der Waals surface area (Å²) in [4.78, 5) is 34.5. The molecule has 11 heteroatoms. The van der Waals surface area contributed by atoms with Crippen LogP contribution >= 0.6 is 23.2 Å².